The van der Waals surface area contributed by atoms with Gasteiger partial charge in [-0.2, -0.15) is 0 Å². The molecule has 2 aromatic rings. The normalized spacial score (nSPS) is 14.0. The van der Waals surface area contributed by atoms with Gasteiger partial charge in [0.25, 0.3) is 0 Å². The molecule has 0 unspecified atom stereocenters. The number of amides is 2. The largest absolute Gasteiger partial charge is 0.497 e. The van der Waals surface area contributed by atoms with Gasteiger partial charge in [-0.05, 0) is 55.7 Å². The minimum absolute atomic E-state index is 0.0484. The van der Waals surface area contributed by atoms with Crippen molar-refractivity contribution in [2.24, 2.45) is 0 Å². The number of benzene rings is 2. The molecule has 6 nitrogen and oxygen atoms in total. The monoisotopic (exact) mass is 383 g/mol. The molecule has 1 fully saturated rings. The Hall–Kier alpha value is -2.89. The van der Waals surface area contributed by atoms with Gasteiger partial charge in [-0.1, -0.05) is 6.07 Å². The molecule has 0 spiro atoms. The van der Waals surface area contributed by atoms with E-state index in [0.717, 1.165) is 41.5 Å². The molecule has 0 saturated carbocycles. The van der Waals surface area contributed by atoms with Crippen molar-refractivity contribution in [2.45, 2.75) is 20.8 Å². The number of methoxy groups -OCH3 is 2. The van der Waals surface area contributed by atoms with E-state index in [4.69, 9.17) is 9.47 Å². The van der Waals surface area contributed by atoms with Gasteiger partial charge in [0, 0.05) is 37.9 Å². The van der Waals surface area contributed by atoms with Gasteiger partial charge in [-0.25, -0.2) is 4.79 Å². The Morgan fingerprint density at radius 3 is 2.21 bits per heavy atom. The van der Waals surface area contributed by atoms with Gasteiger partial charge >= 0.3 is 6.03 Å². The van der Waals surface area contributed by atoms with E-state index in [1.165, 1.54) is 11.1 Å². The molecule has 1 heterocycles. The van der Waals surface area contributed by atoms with Crippen LogP contribution in [0.25, 0.3) is 0 Å². The fourth-order valence-electron chi connectivity index (χ4n) is 3.49. The Balaban J connectivity index is 1.64. The van der Waals surface area contributed by atoms with Crippen molar-refractivity contribution < 1.29 is 14.3 Å². The summed E-state index contributed by atoms with van der Waals surface area (Å²) in [6.07, 6.45) is 0. The number of hydrogen-bond acceptors (Lipinski definition) is 4. The number of rotatable bonds is 4. The van der Waals surface area contributed by atoms with Crippen molar-refractivity contribution >= 4 is 17.4 Å². The second kappa shape index (κ2) is 8.42. The number of carbonyl (C=O) groups is 1. The molecule has 3 rings (SSSR count). The second-order valence-corrected chi connectivity index (χ2v) is 7.19. The van der Waals surface area contributed by atoms with Crippen LogP contribution in [0, 0.1) is 20.8 Å². The van der Waals surface area contributed by atoms with Gasteiger partial charge in [-0.15, -0.1) is 0 Å². The molecule has 150 valence electrons. The summed E-state index contributed by atoms with van der Waals surface area (Å²) in [5, 5.41) is 3.07. The van der Waals surface area contributed by atoms with E-state index in [9.17, 15) is 4.79 Å². The van der Waals surface area contributed by atoms with Crippen LogP contribution in [-0.4, -0.2) is 51.3 Å². The number of urea groups is 1. The second-order valence-electron chi connectivity index (χ2n) is 7.19. The van der Waals surface area contributed by atoms with Crippen molar-refractivity contribution in [3.8, 4) is 11.5 Å². The van der Waals surface area contributed by atoms with Crippen LogP contribution in [-0.2, 0) is 0 Å². The number of piperazine rings is 1. The predicted octanol–water partition coefficient (Wildman–Crippen LogP) is 3.98. The smallest absolute Gasteiger partial charge is 0.321 e. The SMILES string of the molecule is COc1ccc(N2CCN(C(=O)Nc3cc(C)c(C)cc3C)CC2)c(OC)c1. The molecule has 1 aliphatic heterocycles. The minimum Gasteiger partial charge on any atom is -0.497 e. The maximum absolute atomic E-state index is 12.7. The summed E-state index contributed by atoms with van der Waals surface area (Å²) in [5.74, 6) is 1.55. The lowest BCUT2D eigenvalue weighted by Gasteiger charge is -2.36. The Morgan fingerprint density at radius 2 is 1.57 bits per heavy atom. The van der Waals surface area contributed by atoms with E-state index in [1.807, 2.05) is 36.1 Å². The van der Waals surface area contributed by atoms with Crippen molar-refractivity contribution in [1.29, 1.82) is 0 Å². The van der Waals surface area contributed by atoms with E-state index in [0.29, 0.717) is 13.1 Å². The zero-order valence-electron chi connectivity index (χ0n) is 17.3. The van der Waals surface area contributed by atoms with Gasteiger partial charge in [0.05, 0.1) is 19.9 Å². The molecule has 0 radical (unpaired) electrons. The van der Waals surface area contributed by atoms with Crippen LogP contribution in [0.15, 0.2) is 30.3 Å². The molecule has 2 aromatic carbocycles. The highest BCUT2D eigenvalue weighted by Gasteiger charge is 2.23. The Morgan fingerprint density at radius 1 is 0.893 bits per heavy atom. The lowest BCUT2D eigenvalue weighted by molar-refractivity contribution is 0.208. The average Bonchev–Trinajstić information content (AvgIpc) is 2.71. The molecule has 0 bridgehead atoms. The lowest BCUT2D eigenvalue weighted by Crippen LogP contribution is -2.50. The first-order valence-electron chi connectivity index (χ1n) is 9.53. The van der Waals surface area contributed by atoms with Crippen LogP contribution in [0.3, 0.4) is 0 Å². The number of carbonyl (C=O) groups excluding carboxylic acids is 1. The van der Waals surface area contributed by atoms with E-state index in [1.54, 1.807) is 14.2 Å². The van der Waals surface area contributed by atoms with Crippen LogP contribution in [0.1, 0.15) is 16.7 Å². The maximum Gasteiger partial charge on any atom is 0.321 e. The average molecular weight is 383 g/mol. The first-order chi connectivity index (χ1) is 13.4. The van der Waals surface area contributed by atoms with Crippen LogP contribution in [0.4, 0.5) is 16.2 Å². The standard InChI is InChI=1S/C22H29N3O3/c1-15-12-17(3)19(13-16(15)2)23-22(26)25-10-8-24(9-11-25)20-7-6-18(27-4)14-21(20)28-5/h6-7,12-14H,8-11H2,1-5H3,(H,23,26). The van der Waals surface area contributed by atoms with Crippen molar-refractivity contribution in [3.63, 3.8) is 0 Å². The Labute approximate surface area is 167 Å². The fourth-order valence-corrected chi connectivity index (χ4v) is 3.49. The molecular formula is C22H29N3O3. The zero-order chi connectivity index (χ0) is 20.3. The third kappa shape index (κ3) is 4.16. The molecule has 1 N–H and O–H groups in total. The summed E-state index contributed by atoms with van der Waals surface area (Å²) in [4.78, 5) is 16.8. The van der Waals surface area contributed by atoms with Crippen LogP contribution in [0.2, 0.25) is 0 Å². The molecule has 2 amide bonds. The third-order valence-electron chi connectivity index (χ3n) is 5.38. The highest BCUT2D eigenvalue weighted by atomic mass is 16.5. The summed E-state index contributed by atoms with van der Waals surface area (Å²) in [6, 6.07) is 9.93. The van der Waals surface area contributed by atoms with Crippen molar-refractivity contribution in [2.75, 3.05) is 50.6 Å². The van der Waals surface area contributed by atoms with Crippen LogP contribution in [0.5, 0.6) is 11.5 Å². The van der Waals surface area contributed by atoms with Gasteiger partial charge in [0.1, 0.15) is 11.5 Å². The summed E-state index contributed by atoms with van der Waals surface area (Å²) < 4.78 is 10.8. The third-order valence-corrected chi connectivity index (χ3v) is 5.38. The first kappa shape index (κ1) is 19.9. The highest BCUT2D eigenvalue weighted by molar-refractivity contribution is 5.90. The van der Waals surface area contributed by atoms with Crippen molar-refractivity contribution in [3.05, 3.63) is 47.0 Å². The Kier molecular flexibility index (Phi) is 5.97. The number of aryl methyl sites for hydroxylation is 3. The zero-order valence-corrected chi connectivity index (χ0v) is 17.3. The lowest BCUT2D eigenvalue weighted by atomic mass is 10.1. The number of anilines is 2. The molecule has 1 aliphatic rings. The van der Waals surface area contributed by atoms with Gasteiger partial charge in [0.2, 0.25) is 0 Å². The summed E-state index contributed by atoms with van der Waals surface area (Å²) >= 11 is 0. The first-order valence-corrected chi connectivity index (χ1v) is 9.53. The van der Waals surface area contributed by atoms with Crippen LogP contribution >= 0.6 is 0 Å². The molecule has 0 aliphatic carbocycles. The summed E-state index contributed by atoms with van der Waals surface area (Å²) in [6.45, 7) is 8.99. The van der Waals surface area contributed by atoms with E-state index < -0.39 is 0 Å². The molecule has 6 heteroatoms. The quantitative estimate of drug-likeness (QED) is 0.868. The van der Waals surface area contributed by atoms with Gasteiger partial charge in [-0.3, -0.25) is 0 Å². The molecular weight excluding hydrogens is 354 g/mol. The molecule has 28 heavy (non-hydrogen) atoms. The molecule has 0 aromatic heterocycles. The van der Waals surface area contributed by atoms with Crippen LogP contribution < -0.4 is 19.7 Å². The maximum atomic E-state index is 12.7. The van der Waals surface area contributed by atoms with E-state index >= 15 is 0 Å². The van der Waals surface area contributed by atoms with Crippen molar-refractivity contribution in [1.82, 2.24) is 4.90 Å². The predicted molar refractivity (Wildman–Crippen MR) is 113 cm³/mol. The van der Waals surface area contributed by atoms with Gasteiger partial charge in [0.15, 0.2) is 0 Å². The highest BCUT2D eigenvalue weighted by Crippen LogP contribution is 2.32. The topological polar surface area (TPSA) is 54.0 Å². The number of nitrogens with zero attached hydrogens (tertiary/aromatic N) is 2. The summed E-state index contributed by atoms with van der Waals surface area (Å²) in [5.41, 5.74) is 5.40. The van der Waals surface area contributed by atoms with E-state index in [2.05, 4.69) is 30.1 Å². The van der Waals surface area contributed by atoms with E-state index in [-0.39, 0.29) is 6.03 Å². The minimum atomic E-state index is -0.0484. The number of nitrogens with one attached hydrogen (secondary N) is 1. The van der Waals surface area contributed by atoms with Gasteiger partial charge < -0.3 is 24.6 Å². The molecule has 1 saturated heterocycles. The summed E-state index contributed by atoms with van der Waals surface area (Å²) in [7, 11) is 3.30. The number of hydrogen-bond donors (Lipinski definition) is 1. The molecule has 0 atom stereocenters. The Bertz CT molecular complexity index is 858. The number of ether oxygens (including phenoxy) is 2. The fraction of sp³-hybridized carbons (Fsp3) is 0.409.